The lowest BCUT2D eigenvalue weighted by molar-refractivity contribution is -0.149. The number of hydrogen-bond donors (Lipinski definition) is 8. The molecule has 0 spiro atoms. The molecule has 149 heavy (non-hydrogen) atoms. The molecule has 0 radical (unpaired) electrons. The van der Waals surface area contributed by atoms with Gasteiger partial charge in [-0.15, -0.1) is 24.8 Å². The third-order valence-electron chi connectivity index (χ3n) is 23.4. The Morgan fingerprint density at radius 3 is 0.772 bits per heavy atom. The van der Waals surface area contributed by atoms with Crippen LogP contribution in [0.4, 0.5) is 115 Å². The SMILES string of the molecule is CC(C)(C)OC(=O)N[C@@H](CC(=O)N1CCn2c(C(F)(F)F)nc(C(=O)NC3CC3)c2C1)Cc1cc(F)c(F)cc1F.CC(C)(C)OC(=O)N[C@@H](CC(=O)N1CCn2c(C(F)(F)F)nc(C(=O)O)c2C1)Cc1cc(F)c(F)cc1F.Cl.Cl.N[C@@H](CC(=O)N1CCn2c(C(F)(F)F)nc(C(=O)NC3CC3)c2C1)Cc1cc(F)c(F)cc1F.N[C@@H](CC(=O)N1CCn2c(C(F)(F)F)nc(C(=O)NC3CC3)c2C1)Cc1cc(F)c(F)cc1F. The Morgan fingerprint density at radius 2 is 0.550 bits per heavy atom. The van der Waals surface area contributed by atoms with E-state index < -0.39 is 263 Å². The standard InChI is InChI=1S/C26H29F6N5O4.C23H24F6N4O5.2C21H21F6N5O2.2ClH/c1-25(2,3)41-24(40)34-15(8-13-9-17(28)18(29)11-16(13)27)10-20(38)36-6-7-37-19(12-36)21(22(39)33-14-4-5-14)35-23(37)26(30,31)32;1-22(2,3)38-21(37)30-12(6-11-7-14(25)15(26)9-13(11)24)8-17(34)32-4-5-33-16(10-32)18(19(35)36)31-20(33)23(27,28)29;2*22-13-8-15(24)14(23)6-10(13)5-11(28)7-17(33)31-3-4-32-16(9-31)18(19(34)29-12-1-2-12)30-20(32)21(25,26)27;;/h9,11,14-15H,4-8,10,12H2,1-3H3,(H,33,39)(H,34,40);7,9,12H,4-6,8,10H2,1-3H3,(H,30,37)(H,35,36);2*6,8,11-12H,1-5,7,9,28H2,(H,29,34);2*1H/t15-;12-;2*11-;;/m1111../s1. The first-order valence-corrected chi connectivity index (χ1v) is 45.3. The highest BCUT2D eigenvalue weighted by Crippen LogP contribution is 2.40. The lowest BCUT2D eigenvalue weighted by Gasteiger charge is -2.31. The molecule has 4 atom stereocenters. The van der Waals surface area contributed by atoms with Crippen LogP contribution in [0.2, 0.25) is 0 Å². The van der Waals surface area contributed by atoms with Crippen molar-refractivity contribution in [2.24, 2.45) is 11.5 Å². The predicted molar refractivity (Wildman–Crippen MR) is 474 cm³/mol. The number of rotatable bonds is 25. The van der Waals surface area contributed by atoms with Crippen LogP contribution in [0, 0.1) is 69.8 Å². The van der Waals surface area contributed by atoms with Gasteiger partial charge in [0.05, 0.1) is 49.0 Å². The fraction of sp³-hybridized carbons (Fsp3) is 0.495. The monoisotopic (exact) mass is 2190 g/mol. The molecule has 3 fully saturated rings. The number of nitrogens with zero attached hydrogens (tertiary/aromatic N) is 12. The van der Waals surface area contributed by atoms with Gasteiger partial charge in [-0.2, -0.15) is 52.7 Å². The van der Waals surface area contributed by atoms with Crippen molar-refractivity contribution >= 4 is 84.3 Å². The summed E-state index contributed by atoms with van der Waals surface area (Å²) in [4.78, 5) is 144. The number of benzene rings is 4. The van der Waals surface area contributed by atoms with Crippen molar-refractivity contribution in [3.8, 4) is 0 Å². The summed E-state index contributed by atoms with van der Waals surface area (Å²) >= 11 is 0. The second-order valence-corrected chi connectivity index (χ2v) is 37.6. The van der Waals surface area contributed by atoms with Crippen LogP contribution in [0.15, 0.2) is 48.5 Å². The highest BCUT2D eigenvalue weighted by atomic mass is 35.5. The van der Waals surface area contributed by atoms with E-state index >= 15 is 0 Å². The normalized spacial score (nSPS) is 15.9. The van der Waals surface area contributed by atoms with Crippen molar-refractivity contribution in [1.82, 2.24) is 84.4 Å². The van der Waals surface area contributed by atoms with Crippen LogP contribution in [0.3, 0.4) is 0 Å². The molecule has 3 aliphatic carbocycles. The number of amides is 9. The maximum atomic E-state index is 14.4. The number of ether oxygens (including phenoxy) is 2. The third kappa shape index (κ3) is 30.8. The summed E-state index contributed by atoms with van der Waals surface area (Å²) in [6, 6.07) is -0.673. The van der Waals surface area contributed by atoms with Gasteiger partial charge in [0.1, 0.15) is 34.5 Å². The molecular formula is C91H97Cl2F24N19O13. The number of aromatic nitrogens is 8. The number of carbonyl (C=O) groups excluding carboxylic acids is 9. The number of halogens is 26. The maximum absolute atomic E-state index is 14.4. The van der Waals surface area contributed by atoms with E-state index in [4.69, 9.17) is 20.9 Å². The van der Waals surface area contributed by atoms with Crippen molar-refractivity contribution in [2.45, 2.75) is 262 Å². The fourth-order valence-electron chi connectivity index (χ4n) is 16.2. The Kier molecular flexibility index (Phi) is 37.1. The molecule has 0 unspecified atom stereocenters. The first-order chi connectivity index (χ1) is 68.3. The van der Waals surface area contributed by atoms with Gasteiger partial charge in [-0.1, -0.05) is 0 Å². The summed E-state index contributed by atoms with van der Waals surface area (Å²) in [5, 5.41) is 21.9. The average molecular weight is 2190 g/mol. The van der Waals surface area contributed by atoms with E-state index in [0.29, 0.717) is 65.9 Å². The smallest absolute Gasteiger partial charge is 0.449 e. The zero-order valence-electron chi connectivity index (χ0n) is 79.3. The molecule has 4 aliphatic heterocycles. The molecule has 10 N–H and O–H groups in total. The minimum Gasteiger partial charge on any atom is -0.476 e. The molecule has 15 rings (SSSR count). The van der Waals surface area contributed by atoms with E-state index in [-0.39, 0.29) is 190 Å². The Morgan fingerprint density at radius 1 is 0.336 bits per heavy atom. The highest BCUT2D eigenvalue weighted by molar-refractivity contribution is 5.96. The minimum absolute atomic E-state index is 0. The maximum Gasteiger partial charge on any atom is 0.449 e. The molecule has 8 aromatic rings. The lowest BCUT2D eigenvalue weighted by Crippen LogP contribution is -2.46. The second kappa shape index (κ2) is 46.9. The molecule has 4 aromatic carbocycles. The number of carbonyl (C=O) groups is 10. The van der Waals surface area contributed by atoms with E-state index in [1.54, 1.807) is 41.5 Å². The van der Waals surface area contributed by atoms with Gasteiger partial charge in [-0.3, -0.25) is 33.6 Å². The molecule has 7 aliphatic rings. The van der Waals surface area contributed by atoms with Crippen LogP contribution < -0.4 is 38.1 Å². The number of nitrogens with one attached hydrogen (secondary N) is 5. The lowest BCUT2D eigenvalue weighted by atomic mass is 10.0. The zero-order valence-corrected chi connectivity index (χ0v) is 80.9. The highest BCUT2D eigenvalue weighted by Gasteiger charge is 2.49. The first-order valence-electron chi connectivity index (χ1n) is 45.3. The van der Waals surface area contributed by atoms with Crippen molar-refractivity contribution < 1.29 is 168 Å². The molecule has 816 valence electrons. The first kappa shape index (κ1) is 118. The van der Waals surface area contributed by atoms with Crippen LogP contribution in [0.25, 0.3) is 0 Å². The van der Waals surface area contributed by atoms with Crippen LogP contribution in [-0.4, -0.2) is 202 Å². The van der Waals surface area contributed by atoms with Gasteiger partial charge in [0, 0.05) is 145 Å². The van der Waals surface area contributed by atoms with Crippen molar-refractivity contribution in [1.29, 1.82) is 0 Å². The van der Waals surface area contributed by atoms with Crippen LogP contribution in [-0.2, 0) is 131 Å². The Labute approximate surface area is 842 Å². The second-order valence-electron chi connectivity index (χ2n) is 37.6. The number of carboxylic acid groups (broad SMARTS) is 1. The van der Waals surface area contributed by atoms with Gasteiger partial charge >= 0.3 is 42.9 Å². The molecule has 3 saturated carbocycles. The van der Waals surface area contributed by atoms with Crippen LogP contribution in [0.1, 0.15) is 216 Å². The third-order valence-corrected chi connectivity index (χ3v) is 23.4. The molecule has 58 heteroatoms. The Balaban J connectivity index is 0.000000203. The number of alkyl halides is 12. The number of carboxylic acids is 1. The molecule has 9 amide bonds. The number of imidazole rings is 4. The summed E-state index contributed by atoms with van der Waals surface area (Å²) in [6.45, 7) is 6.22. The van der Waals surface area contributed by atoms with E-state index in [9.17, 15) is 158 Å². The molecule has 0 bridgehead atoms. The van der Waals surface area contributed by atoms with Gasteiger partial charge in [0.15, 0.2) is 69.3 Å². The van der Waals surface area contributed by atoms with E-state index in [1.807, 2.05) is 0 Å². The average Bonchev–Trinajstić information content (AvgIpc) is 1.62. The van der Waals surface area contributed by atoms with Crippen LogP contribution >= 0.6 is 24.8 Å². The minimum atomic E-state index is -4.93. The summed E-state index contributed by atoms with van der Waals surface area (Å²) in [5.74, 6) is -26.5. The summed E-state index contributed by atoms with van der Waals surface area (Å²) < 4.78 is 339. The Hall–Kier alpha value is -13.2. The van der Waals surface area contributed by atoms with E-state index in [1.165, 1.54) is 14.7 Å². The van der Waals surface area contributed by atoms with E-state index in [2.05, 4.69) is 46.5 Å². The molecule has 4 aromatic heterocycles. The zero-order chi connectivity index (χ0) is 108. The Bertz CT molecular complexity index is 6190. The van der Waals surface area contributed by atoms with Crippen molar-refractivity contribution in [2.75, 3.05) is 26.2 Å². The van der Waals surface area contributed by atoms with Gasteiger partial charge in [0.2, 0.25) is 46.9 Å². The predicted octanol–water partition coefficient (Wildman–Crippen LogP) is 13.8. The number of fused-ring (bicyclic) bond motifs is 4. The summed E-state index contributed by atoms with van der Waals surface area (Å²) in [7, 11) is 0. The quantitative estimate of drug-likeness (QED) is 0.0195. The van der Waals surface area contributed by atoms with Crippen molar-refractivity contribution in [3.05, 3.63) is 209 Å². The number of alkyl carbamates (subject to hydrolysis) is 2. The number of nitrogens with two attached hydrogens (primary N) is 2. The summed E-state index contributed by atoms with van der Waals surface area (Å²) in [5.41, 5.74) is 6.29. The summed E-state index contributed by atoms with van der Waals surface area (Å²) in [6.07, 6.45) is -20.0. The number of aromatic carboxylic acids is 1. The van der Waals surface area contributed by atoms with E-state index in [0.717, 1.165) is 44.3 Å². The fourth-order valence-corrected chi connectivity index (χ4v) is 16.2. The molecule has 0 saturated heterocycles. The largest absolute Gasteiger partial charge is 0.476 e. The molecule has 8 heterocycles. The van der Waals surface area contributed by atoms with Crippen LogP contribution in [0.5, 0.6) is 0 Å². The van der Waals surface area contributed by atoms with Gasteiger partial charge in [0.25, 0.3) is 17.7 Å². The molecular weight excluding hydrogens is 2090 g/mol. The van der Waals surface area contributed by atoms with Crippen molar-refractivity contribution in [3.63, 3.8) is 0 Å². The molecule has 32 nitrogen and oxygen atoms in total. The van der Waals surface area contributed by atoms with Gasteiger partial charge in [-0.05, 0) is 152 Å². The van der Waals surface area contributed by atoms with Gasteiger partial charge < -0.3 is 90.5 Å². The topological polar surface area (TPSA) is 406 Å². The van der Waals surface area contributed by atoms with Gasteiger partial charge in [-0.25, -0.2) is 87.0 Å². The number of hydrogen-bond acceptors (Lipinski definition) is 18.